The summed E-state index contributed by atoms with van der Waals surface area (Å²) in [5, 5.41) is 12.0. The van der Waals surface area contributed by atoms with Gasteiger partial charge in [-0.2, -0.15) is 13.2 Å². The molecule has 0 N–H and O–H groups in total. The average molecular weight is 428 g/mol. The molecule has 1 aliphatic carbocycles. The van der Waals surface area contributed by atoms with Crippen molar-refractivity contribution in [1.29, 1.82) is 0 Å². The van der Waals surface area contributed by atoms with Crippen molar-refractivity contribution in [1.82, 2.24) is 4.90 Å². The third-order valence-electron chi connectivity index (χ3n) is 6.09. The van der Waals surface area contributed by atoms with Gasteiger partial charge in [-0.15, -0.1) is 0 Å². The Hall–Kier alpha value is -2.49. The normalized spacial score (nSPS) is 29.1. The number of allylic oxidation sites excluding steroid dienone is 2. The molecule has 1 saturated heterocycles. The molecule has 1 fully saturated rings. The highest BCUT2D eigenvalue weighted by atomic mass is 19.4. The van der Waals surface area contributed by atoms with Gasteiger partial charge in [-0.1, -0.05) is 6.08 Å². The van der Waals surface area contributed by atoms with Crippen molar-refractivity contribution in [3.8, 4) is 11.5 Å². The summed E-state index contributed by atoms with van der Waals surface area (Å²) in [6, 6.07) is 2.53. The predicted molar refractivity (Wildman–Crippen MR) is 100 cm³/mol. The Balaban J connectivity index is 1.81. The number of ether oxygens (including phenoxy) is 3. The van der Waals surface area contributed by atoms with Crippen LogP contribution < -0.4 is 9.47 Å². The van der Waals surface area contributed by atoms with Gasteiger partial charge in [0.1, 0.15) is 11.5 Å². The minimum absolute atomic E-state index is 0.0226. The molecule has 0 saturated carbocycles. The number of benzene rings is 1. The summed E-state index contributed by atoms with van der Waals surface area (Å²) in [7, 11) is 1.44. The van der Waals surface area contributed by atoms with Gasteiger partial charge < -0.3 is 19.1 Å². The van der Waals surface area contributed by atoms with Crippen molar-refractivity contribution in [2.24, 2.45) is 5.92 Å². The average Bonchev–Trinajstić information content (AvgIpc) is 3.21. The molecule has 0 radical (unpaired) electrons. The summed E-state index contributed by atoms with van der Waals surface area (Å²) >= 11 is 0. The molecule has 164 valence electrons. The lowest BCUT2D eigenvalue weighted by Crippen LogP contribution is -2.55. The number of nitrogens with zero attached hydrogens (tertiary/aromatic N) is 2. The van der Waals surface area contributed by atoms with Crippen LogP contribution in [0.4, 0.5) is 13.2 Å². The van der Waals surface area contributed by atoms with Gasteiger partial charge in [-0.3, -0.25) is 10.1 Å². The minimum Gasteiger partial charge on any atom is -0.497 e. The zero-order chi connectivity index (χ0) is 21.5. The molecule has 0 aromatic heterocycles. The van der Waals surface area contributed by atoms with Crippen molar-refractivity contribution in [3.63, 3.8) is 0 Å². The number of nitro groups is 1. The topological polar surface area (TPSA) is 74.1 Å². The van der Waals surface area contributed by atoms with E-state index >= 15 is 0 Å². The van der Waals surface area contributed by atoms with Crippen molar-refractivity contribution in [2.75, 3.05) is 33.4 Å². The SMILES string of the molecule is COc1ccc2c(c1)[C@@H]([C@@H]1CCC=C1N1CCOCC1)[C@H]([N+](=O)[O-])[C@@H](C(F)(F)F)O2. The van der Waals surface area contributed by atoms with Gasteiger partial charge in [0.25, 0.3) is 12.1 Å². The Morgan fingerprint density at radius 2 is 2.00 bits per heavy atom. The number of hydrogen-bond acceptors (Lipinski definition) is 6. The molecule has 4 atom stereocenters. The molecule has 10 heteroatoms. The number of rotatable bonds is 4. The van der Waals surface area contributed by atoms with Gasteiger partial charge in [0.15, 0.2) is 0 Å². The van der Waals surface area contributed by atoms with Crippen LogP contribution in [0.15, 0.2) is 30.0 Å². The highest BCUT2D eigenvalue weighted by Gasteiger charge is 2.61. The zero-order valence-electron chi connectivity index (χ0n) is 16.4. The van der Waals surface area contributed by atoms with Crippen LogP contribution >= 0.6 is 0 Å². The van der Waals surface area contributed by atoms with E-state index in [1.807, 2.05) is 6.08 Å². The standard InChI is InChI=1S/C20H23F3N2O5/c1-28-12-5-6-16-14(11-12)17(18(25(26)27)19(30-16)20(21,22)23)13-3-2-4-15(13)24-7-9-29-10-8-24/h4-6,11,13,17-19H,2-3,7-10H2,1H3/t13-,17-,18+,19+/m1/s1. The lowest BCUT2D eigenvalue weighted by Gasteiger charge is -2.41. The van der Waals surface area contributed by atoms with Crippen LogP contribution in [0.1, 0.15) is 24.3 Å². The predicted octanol–water partition coefficient (Wildman–Crippen LogP) is 3.37. The van der Waals surface area contributed by atoms with E-state index in [1.165, 1.54) is 19.2 Å². The smallest absolute Gasteiger partial charge is 0.432 e. The fraction of sp³-hybridized carbons (Fsp3) is 0.600. The second-order valence-corrected chi connectivity index (χ2v) is 7.70. The van der Waals surface area contributed by atoms with Gasteiger partial charge in [-0.05, 0) is 31.0 Å². The molecular formula is C20H23F3N2O5. The largest absolute Gasteiger partial charge is 0.497 e. The van der Waals surface area contributed by atoms with Gasteiger partial charge in [0.2, 0.25) is 0 Å². The van der Waals surface area contributed by atoms with Crippen molar-refractivity contribution in [3.05, 3.63) is 45.6 Å². The maximum absolute atomic E-state index is 13.8. The molecule has 2 aliphatic heterocycles. The van der Waals surface area contributed by atoms with Crippen molar-refractivity contribution < 1.29 is 32.3 Å². The van der Waals surface area contributed by atoms with Crippen LogP contribution in [0, 0.1) is 16.0 Å². The first kappa shape index (κ1) is 20.8. The van der Waals surface area contributed by atoms with E-state index in [0.29, 0.717) is 50.5 Å². The molecule has 30 heavy (non-hydrogen) atoms. The number of morpholine rings is 1. The molecular weight excluding hydrogens is 405 g/mol. The summed E-state index contributed by atoms with van der Waals surface area (Å²) in [6.07, 6.45) is -4.18. The van der Waals surface area contributed by atoms with Crippen LogP contribution in [0.5, 0.6) is 11.5 Å². The minimum atomic E-state index is -4.87. The molecule has 7 nitrogen and oxygen atoms in total. The lowest BCUT2D eigenvalue weighted by atomic mass is 9.74. The van der Waals surface area contributed by atoms with E-state index < -0.39 is 35.1 Å². The number of methoxy groups -OCH3 is 1. The molecule has 0 amide bonds. The summed E-state index contributed by atoms with van der Waals surface area (Å²) in [4.78, 5) is 13.2. The van der Waals surface area contributed by atoms with Gasteiger partial charge >= 0.3 is 6.18 Å². The van der Waals surface area contributed by atoms with Crippen molar-refractivity contribution in [2.45, 2.75) is 37.1 Å². The third kappa shape index (κ3) is 3.68. The monoisotopic (exact) mass is 428 g/mol. The van der Waals surface area contributed by atoms with Crippen LogP contribution in [0.25, 0.3) is 0 Å². The molecule has 4 rings (SSSR count). The lowest BCUT2D eigenvalue weighted by molar-refractivity contribution is -0.550. The summed E-state index contributed by atoms with van der Waals surface area (Å²) in [5.41, 5.74) is 1.26. The van der Waals surface area contributed by atoms with Gasteiger partial charge in [0.05, 0.1) is 26.2 Å². The van der Waals surface area contributed by atoms with E-state index in [-0.39, 0.29) is 5.75 Å². The fourth-order valence-corrected chi connectivity index (χ4v) is 4.82. The van der Waals surface area contributed by atoms with Gasteiger partial charge in [0, 0.05) is 35.2 Å². The van der Waals surface area contributed by atoms with E-state index in [9.17, 15) is 23.3 Å². The number of halogens is 3. The highest BCUT2D eigenvalue weighted by molar-refractivity contribution is 5.46. The van der Waals surface area contributed by atoms with Crippen molar-refractivity contribution >= 4 is 0 Å². The van der Waals surface area contributed by atoms with E-state index in [4.69, 9.17) is 14.2 Å². The first-order valence-corrected chi connectivity index (χ1v) is 9.89. The quantitative estimate of drug-likeness (QED) is 0.541. The molecule has 3 aliphatic rings. The molecule has 0 bridgehead atoms. The van der Waals surface area contributed by atoms with Crippen LogP contribution in [-0.2, 0) is 4.74 Å². The van der Waals surface area contributed by atoms with Crippen LogP contribution in [0.3, 0.4) is 0 Å². The van der Waals surface area contributed by atoms with E-state index in [1.54, 1.807) is 6.07 Å². The zero-order valence-corrected chi connectivity index (χ0v) is 16.4. The summed E-state index contributed by atoms with van der Waals surface area (Å²) in [5.74, 6) is -0.959. The number of hydrogen-bond donors (Lipinski definition) is 0. The molecule has 1 aromatic rings. The van der Waals surface area contributed by atoms with E-state index in [2.05, 4.69) is 4.90 Å². The van der Waals surface area contributed by atoms with Gasteiger partial charge in [-0.25, -0.2) is 0 Å². The third-order valence-corrected chi connectivity index (χ3v) is 6.09. The number of fused-ring (bicyclic) bond motifs is 1. The van der Waals surface area contributed by atoms with Crippen LogP contribution in [-0.4, -0.2) is 61.6 Å². The Morgan fingerprint density at radius 3 is 2.63 bits per heavy atom. The Bertz CT molecular complexity index is 838. The molecule has 2 heterocycles. The molecule has 1 aromatic carbocycles. The molecule has 0 unspecified atom stereocenters. The Morgan fingerprint density at radius 1 is 1.27 bits per heavy atom. The molecule has 0 spiro atoms. The first-order chi connectivity index (χ1) is 14.3. The second kappa shape index (κ2) is 7.98. The number of alkyl halides is 3. The highest BCUT2D eigenvalue weighted by Crippen LogP contribution is 2.51. The Labute approximate surface area is 171 Å². The summed E-state index contributed by atoms with van der Waals surface area (Å²) < 4.78 is 57.2. The Kier molecular flexibility index (Phi) is 5.52. The van der Waals surface area contributed by atoms with Crippen LogP contribution in [0.2, 0.25) is 0 Å². The maximum atomic E-state index is 13.8. The fourth-order valence-electron chi connectivity index (χ4n) is 4.82. The first-order valence-electron chi connectivity index (χ1n) is 9.89. The van der Waals surface area contributed by atoms with E-state index in [0.717, 1.165) is 5.70 Å². The summed E-state index contributed by atoms with van der Waals surface area (Å²) in [6.45, 7) is 2.27. The maximum Gasteiger partial charge on any atom is 0.432 e. The second-order valence-electron chi connectivity index (χ2n) is 7.70.